The van der Waals surface area contributed by atoms with Gasteiger partial charge in [0.1, 0.15) is 0 Å². The molecule has 0 aromatic carbocycles. The number of urea groups is 1. The number of piperidine rings is 1. The van der Waals surface area contributed by atoms with Crippen LogP contribution in [0.5, 0.6) is 0 Å². The molecule has 0 aromatic heterocycles. The average molecular weight is 410 g/mol. The number of amides is 3. The number of carbonyl (C=O) groups excluding carboxylic acids is 3. The largest absolute Gasteiger partial charge is 0.345 e. The molecule has 1 atom stereocenters. The van der Waals surface area contributed by atoms with Crippen molar-refractivity contribution in [1.29, 1.82) is 5.26 Å². The molecule has 1 saturated carbocycles. The van der Waals surface area contributed by atoms with E-state index in [-0.39, 0.29) is 12.3 Å². The molecule has 1 N–H and O–H groups in total. The second-order valence-electron chi connectivity index (χ2n) is 9.06. The van der Waals surface area contributed by atoms with Gasteiger partial charge in [-0.05, 0) is 39.0 Å². The van der Waals surface area contributed by atoms with Crippen molar-refractivity contribution in [2.75, 3.05) is 26.7 Å². The van der Waals surface area contributed by atoms with Gasteiger partial charge in [-0.2, -0.15) is 5.26 Å². The van der Waals surface area contributed by atoms with Crippen molar-refractivity contribution >= 4 is 17.7 Å². The molecule has 2 heterocycles. The third kappa shape index (κ3) is 4.68. The van der Waals surface area contributed by atoms with Gasteiger partial charge in [0, 0.05) is 39.5 Å². The van der Waals surface area contributed by atoms with Gasteiger partial charge in [-0.3, -0.25) is 9.59 Å². The van der Waals surface area contributed by atoms with Crippen molar-refractivity contribution in [3.05, 3.63) is 0 Å². The zero-order chi connectivity index (χ0) is 21.4. The Kier molecular flexibility index (Phi) is 5.58. The van der Waals surface area contributed by atoms with Crippen LogP contribution in [0.4, 0.5) is 13.6 Å². The van der Waals surface area contributed by atoms with E-state index in [0.29, 0.717) is 52.2 Å². The number of nitrogens with one attached hydrogen (secondary N) is 1. The van der Waals surface area contributed by atoms with Gasteiger partial charge >= 0.3 is 6.03 Å². The van der Waals surface area contributed by atoms with Crippen LogP contribution in [0, 0.1) is 22.2 Å². The Bertz CT molecular complexity index is 731. The van der Waals surface area contributed by atoms with Gasteiger partial charge in [-0.25, -0.2) is 13.6 Å². The summed E-state index contributed by atoms with van der Waals surface area (Å²) < 4.78 is 27.2. The standard InChI is InChI=1S/C20H28F2N4O3/c1-18(21,22)11-14(15(27)12-19(13-23)3-4-19)24-17(29)26-9-6-20(7-10-26)5-8-25(2)16(20)28/h14H,3-12H2,1-2H3,(H,24,29)/t14-/m0/s1. The first kappa shape index (κ1) is 21.5. The summed E-state index contributed by atoms with van der Waals surface area (Å²) in [6.45, 7) is 2.10. The topological polar surface area (TPSA) is 93.5 Å². The van der Waals surface area contributed by atoms with E-state index >= 15 is 0 Å². The van der Waals surface area contributed by atoms with Crippen LogP contribution in [-0.2, 0) is 9.59 Å². The predicted molar refractivity (Wildman–Crippen MR) is 100.0 cm³/mol. The molecule has 0 radical (unpaired) electrons. The van der Waals surface area contributed by atoms with Crippen LogP contribution in [0.2, 0.25) is 0 Å². The Morgan fingerprint density at radius 1 is 1.21 bits per heavy atom. The fourth-order valence-corrected chi connectivity index (χ4v) is 4.38. The van der Waals surface area contributed by atoms with Crippen LogP contribution in [0.3, 0.4) is 0 Å². The highest BCUT2D eigenvalue weighted by Gasteiger charge is 2.49. The summed E-state index contributed by atoms with van der Waals surface area (Å²) in [5, 5.41) is 11.6. The minimum atomic E-state index is -3.12. The zero-order valence-corrected chi connectivity index (χ0v) is 17.0. The first-order valence-corrected chi connectivity index (χ1v) is 10.1. The van der Waals surface area contributed by atoms with Crippen LogP contribution in [0.1, 0.15) is 51.9 Å². The molecule has 0 unspecified atom stereocenters. The van der Waals surface area contributed by atoms with Crippen molar-refractivity contribution in [1.82, 2.24) is 15.1 Å². The van der Waals surface area contributed by atoms with Gasteiger partial charge in [-0.15, -0.1) is 0 Å². The summed E-state index contributed by atoms with van der Waals surface area (Å²) >= 11 is 0. The van der Waals surface area contributed by atoms with E-state index in [2.05, 4.69) is 11.4 Å². The predicted octanol–water partition coefficient (Wildman–Crippen LogP) is 2.32. The van der Waals surface area contributed by atoms with Crippen LogP contribution >= 0.6 is 0 Å². The molecule has 7 nitrogen and oxygen atoms in total. The molecule has 3 amide bonds. The molecule has 1 aliphatic carbocycles. The molecular formula is C20H28F2N4O3. The third-order valence-corrected chi connectivity index (χ3v) is 6.59. The van der Waals surface area contributed by atoms with Gasteiger partial charge < -0.3 is 15.1 Å². The smallest absolute Gasteiger partial charge is 0.317 e. The summed E-state index contributed by atoms with van der Waals surface area (Å²) in [4.78, 5) is 40.8. The van der Waals surface area contributed by atoms with Crippen molar-refractivity contribution in [3.8, 4) is 6.07 Å². The molecule has 3 aliphatic rings. The minimum Gasteiger partial charge on any atom is -0.345 e. The second-order valence-corrected chi connectivity index (χ2v) is 9.06. The second kappa shape index (κ2) is 7.54. The number of ketones is 1. The Labute approximate surface area is 169 Å². The normalized spacial score (nSPS) is 23.6. The molecule has 2 saturated heterocycles. The lowest BCUT2D eigenvalue weighted by Gasteiger charge is -2.38. The van der Waals surface area contributed by atoms with Crippen molar-refractivity contribution in [2.45, 2.75) is 63.8 Å². The maximum atomic E-state index is 13.6. The summed E-state index contributed by atoms with van der Waals surface area (Å²) in [5.74, 6) is -3.55. The average Bonchev–Trinajstić information content (AvgIpc) is 3.38. The third-order valence-electron chi connectivity index (χ3n) is 6.59. The lowest BCUT2D eigenvalue weighted by atomic mass is 9.77. The Balaban J connectivity index is 1.60. The maximum absolute atomic E-state index is 13.6. The minimum absolute atomic E-state index is 0.0995. The number of hydrogen-bond donors (Lipinski definition) is 1. The van der Waals surface area contributed by atoms with Crippen molar-refractivity contribution < 1.29 is 23.2 Å². The zero-order valence-electron chi connectivity index (χ0n) is 17.0. The number of alkyl halides is 2. The number of rotatable bonds is 6. The molecular weight excluding hydrogens is 382 g/mol. The van der Waals surface area contributed by atoms with E-state index in [1.807, 2.05) is 0 Å². The number of Topliss-reactive ketones (excluding diaryl/α,β-unsaturated/α-hetero) is 1. The number of nitrogens with zero attached hydrogens (tertiary/aromatic N) is 3. The van der Waals surface area contributed by atoms with Gasteiger partial charge in [0.15, 0.2) is 5.78 Å². The Morgan fingerprint density at radius 2 is 1.79 bits per heavy atom. The Hall–Kier alpha value is -2.24. The van der Waals surface area contributed by atoms with Crippen LogP contribution in [0.25, 0.3) is 0 Å². The maximum Gasteiger partial charge on any atom is 0.317 e. The van der Waals surface area contributed by atoms with Crippen molar-refractivity contribution in [3.63, 3.8) is 0 Å². The molecule has 0 bridgehead atoms. The van der Waals surface area contributed by atoms with E-state index in [1.54, 1.807) is 11.9 Å². The monoisotopic (exact) mass is 410 g/mol. The fourth-order valence-electron chi connectivity index (χ4n) is 4.38. The van der Waals surface area contributed by atoms with Crippen LogP contribution in [-0.4, -0.2) is 66.2 Å². The van der Waals surface area contributed by atoms with Crippen molar-refractivity contribution in [2.24, 2.45) is 10.8 Å². The highest BCUT2D eigenvalue weighted by atomic mass is 19.3. The summed E-state index contributed by atoms with van der Waals surface area (Å²) in [6.07, 6.45) is 2.07. The molecule has 9 heteroatoms. The molecule has 29 heavy (non-hydrogen) atoms. The molecule has 3 rings (SSSR count). The van der Waals surface area contributed by atoms with Crippen LogP contribution in [0.15, 0.2) is 0 Å². The molecule has 0 aromatic rings. The lowest BCUT2D eigenvalue weighted by molar-refractivity contribution is -0.137. The number of halogens is 2. The van der Waals surface area contributed by atoms with Gasteiger partial charge in [0.05, 0.1) is 22.9 Å². The van der Waals surface area contributed by atoms with Gasteiger partial charge in [-0.1, -0.05) is 0 Å². The van der Waals surface area contributed by atoms with E-state index in [4.69, 9.17) is 5.26 Å². The SMILES string of the molecule is CN1CCC2(CCN(C(=O)N[C@@H](CC(C)(F)F)C(=O)CC3(C#N)CC3)CC2)C1=O. The number of hydrogen-bond acceptors (Lipinski definition) is 4. The molecule has 1 spiro atoms. The van der Waals surface area contributed by atoms with Gasteiger partial charge in [0.25, 0.3) is 0 Å². The highest BCUT2D eigenvalue weighted by Crippen LogP contribution is 2.48. The lowest BCUT2D eigenvalue weighted by Crippen LogP contribution is -2.53. The molecule has 3 fully saturated rings. The van der Waals surface area contributed by atoms with E-state index in [1.165, 1.54) is 4.90 Å². The molecule has 2 aliphatic heterocycles. The summed E-state index contributed by atoms with van der Waals surface area (Å²) in [5.41, 5.74) is -1.18. The number of nitriles is 1. The Morgan fingerprint density at radius 3 is 2.24 bits per heavy atom. The summed E-state index contributed by atoms with van der Waals surface area (Å²) in [6, 6.07) is 0.189. The first-order chi connectivity index (χ1) is 13.5. The van der Waals surface area contributed by atoms with Crippen LogP contribution < -0.4 is 5.32 Å². The van der Waals surface area contributed by atoms with E-state index in [9.17, 15) is 23.2 Å². The van der Waals surface area contributed by atoms with E-state index < -0.39 is 41.0 Å². The molecule has 160 valence electrons. The first-order valence-electron chi connectivity index (χ1n) is 10.1. The van der Waals surface area contributed by atoms with Gasteiger partial charge in [0.2, 0.25) is 11.8 Å². The quantitative estimate of drug-likeness (QED) is 0.727. The number of carbonyl (C=O) groups is 3. The van der Waals surface area contributed by atoms with E-state index in [0.717, 1.165) is 6.42 Å². The summed E-state index contributed by atoms with van der Waals surface area (Å²) in [7, 11) is 1.77. The fraction of sp³-hybridized carbons (Fsp3) is 0.800. The number of likely N-dealkylation sites (tertiary alicyclic amines) is 2. The highest BCUT2D eigenvalue weighted by molar-refractivity contribution is 5.90.